The Labute approximate surface area is 202 Å². The Morgan fingerprint density at radius 1 is 1.00 bits per heavy atom. The molecule has 0 unspecified atom stereocenters. The molecule has 0 saturated heterocycles. The zero-order valence-electron chi connectivity index (χ0n) is 21.2. The minimum atomic E-state index is -0.393. The van der Waals surface area contributed by atoms with Crippen molar-refractivity contribution in [1.82, 2.24) is 4.98 Å². The van der Waals surface area contributed by atoms with Gasteiger partial charge in [-0.2, -0.15) is 0 Å². The lowest BCUT2D eigenvalue weighted by Crippen LogP contribution is -2.11. The first-order valence-corrected chi connectivity index (χ1v) is 11.6. The maximum Gasteiger partial charge on any atom is 0.338 e. The third kappa shape index (κ3) is 5.68. The van der Waals surface area contributed by atoms with Gasteiger partial charge in [0.25, 0.3) is 0 Å². The molecule has 0 spiro atoms. The Hall–Kier alpha value is -3.54. The van der Waals surface area contributed by atoms with E-state index in [4.69, 9.17) is 9.47 Å². The number of carbonyl (C=O) groups is 1. The van der Waals surface area contributed by atoms with Crippen LogP contribution in [-0.4, -0.2) is 37.8 Å². The second kappa shape index (κ2) is 11.1. The van der Waals surface area contributed by atoms with Crippen molar-refractivity contribution < 1.29 is 14.3 Å². The van der Waals surface area contributed by atoms with E-state index in [1.54, 1.807) is 13.3 Å². The molecular weight excluding hydrogens is 426 g/mol. The van der Waals surface area contributed by atoms with Crippen LogP contribution in [0.15, 0.2) is 48.7 Å². The standard InChI is InChI=1S/C28H35N3O3/c1-17(2)15-29-22-11-8-20(9-12-22)26-19(5)27(28(32)34-7)23(14-24(26)33-6)21-10-13-25(30-16-21)31-18(3)4/h8-14,16-18,29H,15H2,1-7H3,(H,30,31). The van der Waals surface area contributed by atoms with Crippen LogP contribution in [0.4, 0.5) is 11.5 Å². The van der Waals surface area contributed by atoms with Gasteiger partial charge in [-0.15, -0.1) is 0 Å². The minimum absolute atomic E-state index is 0.276. The Morgan fingerprint density at radius 3 is 2.21 bits per heavy atom. The maximum atomic E-state index is 12.9. The summed E-state index contributed by atoms with van der Waals surface area (Å²) in [5, 5.41) is 6.72. The second-order valence-electron chi connectivity index (χ2n) is 9.08. The van der Waals surface area contributed by atoms with Gasteiger partial charge >= 0.3 is 5.97 Å². The molecule has 180 valence electrons. The van der Waals surface area contributed by atoms with Crippen LogP contribution >= 0.6 is 0 Å². The first-order valence-electron chi connectivity index (χ1n) is 11.6. The van der Waals surface area contributed by atoms with Crippen molar-refractivity contribution in [2.24, 2.45) is 5.92 Å². The fourth-order valence-electron chi connectivity index (χ4n) is 3.91. The van der Waals surface area contributed by atoms with Crippen LogP contribution in [0, 0.1) is 12.8 Å². The van der Waals surface area contributed by atoms with Gasteiger partial charge in [-0.1, -0.05) is 26.0 Å². The molecule has 1 heterocycles. The molecule has 0 aliphatic heterocycles. The van der Waals surface area contributed by atoms with E-state index in [9.17, 15) is 4.79 Å². The van der Waals surface area contributed by atoms with E-state index >= 15 is 0 Å². The van der Waals surface area contributed by atoms with Crippen molar-refractivity contribution in [2.45, 2.75) is 40.7 Å². The molecule has 1 aromatic heterocycles. The van der Waals surface area contributed by atoms with Gasteiger partial charge in [0.15, 0.2) is 0 Å². The van der Waals surface area contributed by atoms with Gasteiger partial charge in [0.05, 0.1) is 19.8 Å². The predicted octanol–water partition coefficient (Wildman–Crippen LogP) is 6.41. The van der Waals surface area contributed by atoms with Gasteiger partial charge < -0.3 is 20.1 Å². The van der Waals surface area contributed by atoms with Crippen LogP contribution in [0.5, 0.6) is 5.75 Å². The highest BCUT2D eigenvalue weighted by molar-refractivity contribution is 6.02. The number of esters is 1. The van der Waals surface area contributed by atoms with Crippen molar-refractivity contribution in [2.75, 3.05) is 31.4 Å². The van der Waals surface area contributed by atoms with Gasteiger partial charge in [-0.3, -0.25) is 0 Å². The summed E-state index contributed by atoms with van der Waals surface area (Å²) in [6, 6.07) is 14.2. The predicted molar refractivity (Wildman–Crippen MR) is 140 cm³/mol. The third-order valence-corrected chi connectivity index (χ3v) is 5.55. The largest absolute Gasteiger partial charge is 0.496 e. The van der Waals surface area contributed by atoms with E-state index in [1.165, 1.54) is 7.11 Å². The van der Waals surface area contributed by atoms with E-state index in [2.05, 4.69) is 43.3 Å². The Morgan fingerprint density at radius 2 is 1.68 bits per heavy atom. The van der Waals surface area contributed by atoms with Gasteiger partial charge in [-0.05, 0) is 68.1 Å². The lowest BCUT2D eigenvalue weighted by molar-refractivity contribution is 0.0601. The van der Waals surface area contributed by atoms with Crippen molar-refractivity contribution in [3.8, 4) is 28.0 Å². The fraction of sp³-hybridized carbons (Fsp3) is 0.357. The summed E-state index contributed by atoms with van der Waals surface area (Å²) in [6.45, 7) is 11.3. The quantitative estimate of drug-likeness (QED) is 0.359. The van der Waals surface area contributed by atoms with E-state index < -0.39 is 5.97 Å². The molecule has 2 aromatic carbocycles. The molecule has 0 amide bonds. The normalized spacial score (nSPS) is 11.0. The van der Waals surface area contributed by atoms with Crippen LogP contribution in [0.2, 0.25) is 0 Å². The van der Waals surface area contributed by atoms with Gasteiger partial charge in [-0.25, -0.2) is 9.78 Å². The molecule has 6 nitrogen and oxygen atoms in total. The number of anilines is 2. The maximum absolute atomic E-state index is 12.9. The molecule has 6 heteroatoms. The van der Waals surface area contributed by atoms with Crippen molar-refractivity contribution >= 4 is 17.5 Å². The van der Waals surface area contributed by atoms with Crippen LogP contribution in [-0.2, 0) is 4.74 Å². The third-order valence-electron chi connectivity index (χ3n) is 5.55. The van der Waals surface area contributed by atoms with E-state index in [0.29, 0.717) is 17.2 Å². The zero-order valence-corrected chi connectivity index (χ0v) is 21.2. The molecular formula is C28H35N3O3. The number of nitrogens with one attached hydrogen (secondary N) is 2. The van der Waals surface area contributed by atoms with E-state index in [0.717, 1.165) is 45.9 Å². The molecule has 0 bridgehead atoms. The van der Waals surface area contributed by atoms with Crippen molar-refractivity contribution in [3.63, 3.8) is 0 Å². The van der Waals surface area contributed by atoms with Crippen molar-refractivity contribution in [3.05, 3.63) is 59.8 Å². The Bertz CT molecular complexity index is 1120. The van der Waals surface area contributed by atoms with Crippen LogP contribution in [0.25, 0.3) is 22.3 Å². The number of rotatable bonds is 9. The second-order valence-corrected chi connectivity index (χ2v) is 9.08. The highest BCUT2D eigenvalue weighted by Crippen LogP contribution is 2.41. The number of hydrogen-bond acceptors (Lipinski definition) is 6. The number of methoxy groups -OCH3 is 2. The molecule has 0 aliphatic carbocycles. The topological polar surface area (TPSA) is 72.5 Å². The number of aromatic nitrogens is 1. The average molecular weight is 462 g/mol. The molecule has 3 aromatic rings. The number of benzene rings is 2. The van der Waals surface area contributed by atoms with Crippen molar-refractivity contribution in [1.29, 1.82) is 0 Å². The van der Waals surface area contributed by atoms with Gasteiger partial charge in [0.2, 0.25) is 0 Å². The minimum Gasteiger partial charge on any atom is -0.496 e. The Balaban J connectivity index is 2.10. The molecule has 34 heavy (non-hydrogen) atoms. The fourth-order valence-corrected chi connectivity index (χ4v) is 3.91. The van der Waals surface area contributed by atoms with Crippen LogP contribution in [0.1, 0.15) is 43.6 Å². The van der Waals surface area contributed by atoms with E-state index in [1.807, 2.05) is 49.4 Å². The number of hydrogen-bond donors (Lipinski definition) is 2. The average Bonchev–Trinajstić information content (AvgIpc) is 2.82. The molecule has 3 rings (SSSR count). The summed E-state index contributed by atoms with van der Waals surface area (Å²) in [7, 11) is 3.05. The highest BCUT2D eigenvalue weighted by Gasteiger charge is 2.23. The molecule has 0 radical (unpaired) electrons. The smallest absolute Gasteiger partial charge is 0.338 e. The summed E-state index contributed by atoms with van der Waals surface area (Å²) >= 11 is 0. The zero-order chi connectivity index (χ0) is 24.8. The summed E-state index contributed by atoms with van der Waals surface area (Å²) in [5.74, 6) is 1.63. The SMILES string of the molecule is COC(=O)c1c(-c2ccc(NC(C)C)nc2)cc(OC)c(-c2ccc(NCC(C)C)cc2)c1C. The van der Waals surface area contributed by atoms with E-state index in [-0.39, 0.29) is 6.04 Å². The number of nitrogens with zero attached hydrogens (tertiary/aromatic N) is 1. The van der Waals surface area contributed by atoms with Crippen LogP contribution < -0.4 is 15.4 Å². The molecule has 2 N–H and O–H groups in total. The highest BCUT2D eigenvalue weighted by atomic mass is 16.5. The van der Waals surface area contributed by atoms with Gasteiger partial charge in [0, 0.05) is 41.2 Å². The van der Waals surface area contributed by atoms with Gasteiger partial charge in [0.1, 0.15) is 11.6 Å². The summed E-state index contributed by atoms with van der Waals surface area (Å²) in [4.78, 5) is 17.4. The first kappa shape index (κ1) is 25.1. The number of ether oxygens (including phenoxy) is 2. The number of carbonyl (C=O) groups excluding carboxylic acids is 1. The monoisotopic (exact) mass is 461 g/mol. The molecule has 0 atom stereocenters. The Kier molecular flexibility index (Phi) is 8.16. The number of pyridine rings is 1. The van der Waals surface area contributed by atoms with Crippen LogP contribution in [0.3, 0.4) is 0 Å². The summed E-state index contributed by atoms with van der Waals surface area (Å²) in [5.41, 5.74) is 5.74. The first-order chi connectivity index (χ1) is 16.2. The summed E-state index contributed by atoms with van der Waals surface area (Å²) < 4.78 is 11.0. The molecule has 0 saturated carbocycles. The summed E-state index contributed by atoms with van der Waals surface area (Å²) in [6.07, 6.45) is 1.76. The molecule has 0 fully saturated rings. The lowest BCUT2D eigenvalue weighted by Gasteiger charge is -2.19. The molecule has 0 aliphatic rings. The lowest BCUT2D eigenvalue weighted by atomic mass is 9.89.